The summed E-state index contributed by atoms with van der Waals surface area (Å²) >= 11 is 0. The molecule has 4 atom stereocenters. The molecule has 0 radical (unpaired) electrons. The Bertz CT molecular complexity index is 996. The van der Waals surface area contributed by atoms with E-state index in [2.05, 4.69) is 4.18 Å². The second-order valence-corrected chi connectivity index (χ2v) is 9.15. The fourth-order valence-electron chi connectivity index (χ4n) is 2.49. The molecule has 1 aromatic rings. The van der Waals surface area contributed by atoms with Crippen molar-refractivity contribution in [1.82, 2.24) is 9.55 Å². The summed E-state index contributed by atoms with van der Waals surface area (Å²) in [6, 6.07) is 0.938. The number of halogens is 1. The number of alkyl halides is 1. The Morgan fingerprint density at radius 1 is 1.27 bits per heavy atom. The zero-order chi connectivity index (χ0) is 19.9. The van der Waals surface area contributed by atoms with Gasteiger partial charge in [-0.05, 0) is 6.92 Å². The molecule has 11 nitrogen and oxygen atoms in total. The molecule has 1 N–H and O–H groups in total. The van der Waals surface area contributed by atoms with Crippen LogP contribution in [0.1, 0.15) is 13.2 Å². The summed E-state index contributed by atoms with van der Waals surface area (Å²) < 4.78 is 75.8. The second kappa shape index (κ2) is 6.84. The van der Waals surface area contributed by atoms with Crippen LogP contribution < -0.4 is 11.2 Å². The number of rotatable bonds is 6. The summed E-state index contributed by atoms with van der Waals surface area (Å²) in [5.41, 5.74) is -4.32. The van der Waals surface area contributed by atoms with Gasteiger partial charge in [-0.25, -0.2) is 9.18 Å². The highest BCUT2D eigenvalue weighted by Crippen LogP contribution is 2.43. The number of aromatic amines is 1. The maximum Gasteiger partial charge on any atom is 0.330 e. The van der Waals surface area contributed by atoms with Gasteiger partial charge in [-0.15, -0.1) is 0 Å². The number of ether oxygens (including phenoxy) is 1. The van der Waals surface area contributed by atoms with Crippen LogP contribution in [0.5, 0.6) is 0 Å². The highest BCUT2D eigenvalue weighted by atomic mass is 32.2. The molecular weight excluding hydrogens is 399 g/mol. The third-order valence-electron chi connectivity index (χ3n) is 3.51. The molecule has 0 saturated carbocycles. The molecule has 0 aliphatic carbocycles. The molecular formula is C12H17FN2O9S2. The Labute approximate surface area is 147 Å². The Kier molecular flexibility index (Phi) is 5.45. The van der Waals surface area contributed by atoms with Crippen molar-refractivity contribution >= 4 is 20.2 Å². The van der Waals surface area contributed by atoms with Crippen molar-refractivity contribution in [2.45, 2.75) is 31.0 Å². The van der Waals surface area contributed by atoms with Gasteiger partial charge in [-0.2, -0.15) is 16.8 Å². The van der Waals surface area contributed by atoms with E-state index < -0.39 is 62.2 Å². The van der Waals surface area contributed by atoms with Crippen molar-refractivity contribution in [2.24, 2.45) is 0 Å². The topological polar surface area (TPSA) is 151 Å². The van der Waals surface area contributed by atoms with Crippen molar-refractivity contribution in [1.29, 1.82) is 0 Å². The average Bonchev–Trinajstić information content (AvgIpc) is 2.67. The van der Waals surface area contributed by atoms with Crippen LogP contribution in [-0.4, -0.2) is 63.4 Å². The van der Waals surface area contributed by atoms with Gasteiger partial charge >= 0.3 is 5.69 Å². The minimum atomic E-state index is -4.16. The number of nitrogens with zero attached hydrogens (tertiary/aromatic N) is 1. The molecule has 1 saturated heterocycles. The van der Waals surface area contributed by atoms with E-state index in [4.69, 9.17) is 8.92 Å². The Balaban J connectivity index is 2.45. The molecule has 0 aromatic carbocycles. The first-order valence-electron chi connectivity index (χ1n) is 7.09. The zero-order valence-electron chi connectivity index (χ0n) is 13.9. The predicted octanol–water partition coefficient (Wildman–Crippen LogP) is -1.52. The summed E-state index contributed by atoms with van der Waals surface area (Å²) in [7, 11) is -8.09. The SMILES string of the molecule is C[C@]1(F)C(n2ccc(=O)[nH]c2=O)O[C@H](COS(C)(=O)=O)[C@H]1OS(C)(=O)=O. The van der Waals surface area contributed by atoms with Gasteiger partial charge in [-0.1, -0.05) is 0 Å². The molecule has 14 heteroatoms. The quantitative estimate of drug-likeness (QED) is 0.545. The molecule has 26 heavy (non-hydrogen) atoms. The summed E-state index contributed by atoms with van der Waals surface area (Å²) in [5, 5.41) is 0. The molecule has 2 heterocycles. The van der Waals surface area contributed by atoms with Gasteiger partial charge < -0.3 is 4.74 Å². The van der Waals surface area contributed by atoms with Crippen LogP contribution in [0.15, 0.2) is 21.9 Å². The summed E-state index contributed by atoms with van der Waals surface area (Å²) in [6.07, 6.45) is -2.60. The van der Waals surface area contributed by atoms with Gasteiger partial charge in [0.15, 0.2) is 11.9 Å². The van der Waals surface area contributed by atoms with Crippen LogP contribution in [0.4, 0.5) is 4.39 Å². The van der Waals surface area contributed by atoms with Crippen LogP contribution in [0.25, 0.3) is 0 Å². The molecule has 1 fully saturated rings. The monoisotopic (exact) mass is 416 g/mol. The molecule has 1 aliphatic rings. The number of nitrogens with one attached hydrogen (secondary N) is 1. The second-order valence-electron chi connectivity index (χ2n) is 5.91. The van der Waals surface area contributed by atoms with Gasteiger partial charge in [-0.3, -0.25) is 22.7 Å². The van der Waals surface area contributed by atoms with Gasteiger partial charge in [0.2, 0.25) is 0 Å². The first-order valence-corrected chi connectivity index (χ1v) is 10.7. The first-order chi connectivity index (χ1) is 11.7. The zero-order valence-corrected chi connectivity index (χ0v) is 15.5. The Hall–Kier alpha value is -1.61. The molecule has 0 spiro atoms. The largest absolute Gasteiger partial charge is 0.346 e. The van der Waals surface area contributed by atoms with Crippen LogP contribution in [0, 0.1) is 0 Å². The summed E-state index contributed by atoms with van der Waals surface area (Å²) in [6.45, 7) is 0.179. The number of aromatic nitrogens is 2. The lowest BCUT2D eigenvalue weighted by molar-refractivity contribution is -0.0580. The lowest BCUT2D eigenvalue weighted by Crippen LogP contribution is -2.46. The molecule has 0 bridgehead atoms. The normalized spacial score (nSPS) is 29.8. The molecule has 1 aromatic heterocycles. The van der Waals surface area contributed by atoms with E-state index in [0.717, 1.165) is 25.4 Å². The summed E-state index contributed by atoms with van der Waals surface area (Å²) in [5.74, 6) is 0. The lowest BCUT2D eigenvalue weighted by atomic mass is 9.98. The Morgan fingerprint density at radius 2 is 1.88 bits per heavy atom. The van der Waals surface area contributed by atoms with E-state index in [-0.39, 0.29) is 0 Å². The highest BCUT2D eigenvalue weighted by molar-refractivity contribution is 7.86. The lowest BCUT2D eigenvalue weighted by Gasteiger charge is -2.26. The fraction of sp³-hybridized carbons (Fsp3) is 0.667. The molecule has 1 unspecified atom stereocenters. The minimum absolute atomic E-state index is 0.678. The van der Waals surface area contributed by atoms with Crippen molar-refractivity contribution in [3.8, 4) is 0 Å². The smallest absolute Gasteiger partial charge is 0.330 e. The van der Waals surface area contributed by atoms with Gasteiger partial charge in [0.25, 0.3) is 25.8 Å². The van der Waals surface area contributed by atoms with Crippen molar-refractivity contribution in [2.75, 3.05) is 19.1 Å². The van der Waals surface area contributed by atoms with Gasteiger partial charge in [0.1, 0.15) is 12.2 Å². The van der Waals surface area contributed by atoms with Crippen molar-refractivity contribution in [3.05, 3.63) is 33.1 Å². The number of H-pyrrole nitrogens is 1. The van der Waals surface area contributed by atoms with E-state index in [9.17, 15) is 26.4 Å². The van der Waals surface area contributed by atoms with Crippen LogP contribution in [0.3, 0.4) is 0 Å². The van der Waals surface area contributed by atoms with Crippen molar-refractivity contribution < 1.29 is 34.3 Å². The molecule has 1 aliphatic heterocycles. The fourth-order valence-corrected chi connectivity index (χ4v) is 3.56. The van der Waals surface area contributed by atoms with Crippen LogP contribution >= 0.6 is 0 Å². The van der Waals surface area contributed by atoms with Crippen LogP contribution in [0.2, 0.25) is 0 Å². The third kappa shape index (κ3) is 4.76. The Morgan fingerprint density at radius 3 is 2.38 bits per heavy atom. The molecule has 148 valence electrons. The van der Waals surface area contributed by atoms with Crippen molar-refractivity contribution in [3.63, 3.8) is 0 Å². The maximum absolute atomic E-state index is 15.3. The molecule has 0 amide bonds. The third-order valence-corrected chi connectivity index (χ3v) is 4.63. The molecule has 2 rings (SSSR count). The summed E-state index contributed by atoms with van der Waals surface area (Å²) in [4.78, 5) is 25.0. The van der Waals surface area contributed by atoms with E-state index >= 15 is 4.39 Å². The van der Waals surface area contributed by atoms with Gasteiger partial charge in [0, 0.05) is 12.3 Å². The maximum atomic E-state index is 15.3. The van der Waals surface area contributed by atoms with E-state index in [0.29, 0.717) is 10.8 Å². The average molecular weight is 416 g/mol. The van der Waals surface area contributed by atoms with Crippen LogP contribution in [-0.2, 0) is 33.3 Å². The number of hydrogen-bond donors (Lipinski definition) is 1. The van der Waals surface area contributed by atoms with Gasteiger partial charge in [0.05, 0.1) is 19.1 Å². The van der Waals surface area contributed by atoms with E-state index in [1.807, 2.05) is 4.98 Å². The minimum Gasteiger partial charge on any atom is -0.346 e. The van der Waals surface area contributed by atoms with E-state index in [1.165, 1.54) is 0 Å². The highest BCUT2D eigenvalue weighted by Gasteiger charge is 2.58. The standard InChI is InChI=1S/C12H17FN2O9S2/c1-12(13)9(24-26(3,20)21)7(6-22-25(2,18)19)23-10(12)15-5-4-8(16)14-11(15)17/h4-5,7,9-10H,6H2,1-3H3,(H,14,16,17)/t7-,9-,10?,12-/m1/s1. The predicted molar refractivity (Wildman–Crippen MR) is 85.3 cm³/mol. The number of hydrogen-bond acceptors (Lipinski definition) is 9. The van der Waals surface area contributed by atoms with E-state index in [1.54, 1.807) is 0 Å². The first kappa shape index (κ1) is 20.7.